The second-order valence-electron chi connectivity index (χ2n) is 18.4. The number of rotatable bonds is 67. The third-order valence-electron chi connectivity index (χ3n) is 11.7. The molecular formula is C63H104N2O22. The fraction of sp³-hybridized carbons (Fsp3) is 0.698. The highest BCUT2D eigenvalue weighted by Gasteiger charge is 2.12. The fourth-order valence-corrected chi connectivity index (χ4v) is 7.39. The summed E-state index contributed by atoms with van der Waals surface area (Å²) in [6.45, 7) is 20.5. The molecule has 0 saturated heterocycles. The molecule has 0 saturated carbocycles. The van der Waals surface area contributed by atoms with Gasteiger partial charge in [0.15, 0.2) is 0 Å². The van der Waals surface area contributed by atoms with Gasteiger partial charge in [0, 0.05) is 12.2 Å². The van der Waals surface area contributed by atoms with E-state index in [0.29, 0.717) is 277 Å². The van der Waals surface area contributed by atoms with Crippen molar-refractivity contribution in [1.82, 2.24) is 0 Å². The van der Waals surface area contributed by atoms with Gasteiger partial charge in [0.05, 0.1) is 290 Å². The molecule has 2 aromatic rings. The van der Waals surface area contributed by atoms with Gasteiger partial charge in [-0.15, -0.1) is 0 Å². The van der Waals surface area contributed by atoms with Gasteiger partial charge in [0.1, 0.15) is 0 Å². The van der Waals surface area contributed by atoms with Crippen molar-refractivity contribution < 1.29 is 105 Å². The first-order chi connectivity index (χ1) is 43.3. The van der Waals surface area contributed by atoms with Gasteiger partial charge in [0.2, 0.25) is 0 Å². The number of benzene rings is 2. The van der Waals surface area contributed by atoms with Gasteiger partial charge >= 0.3 is 0 Å². The first-order valence-corrected chi connectivity index (χ1v) is 30.6. The zero-order chi connectivity index (χ0) is 61.3. The number of hydrogen-bond donors (Lipinski definition) is 3. The van der Waals surface area contributed by atoms with Crippen LogP contribution in [0.3, 0.4) is 0 Å². The SMILES string of the molecule is OCCOCCOCCOCCOCCOCCOCCOCCOCCOCCOCCN=C1C=CC(=C(c2ccccc2)c2ccc(NCCOCCOCCOCCOCCOCCOCCOCCOCCOCCOCCO)cc2)C=C1. The molecule has 498 valence electrons. The first kappa shape index (κ1) is 77.5. The van der Waals surface area contributed by atoms with Crippen molar-refractivity contribution in [3.8, 4) is 0 Å². The van der Waals surface area contributed by atoms with Crippen LogP contribution in [0, 0.1) is 0 Å². The van der Waals surface area contributed by atoms with Crippen LogP contribution in [0.4, 0.5) is 5.69 Å². The molecule has 0 heterocycles. The minimum absolute atomic E-state index is 0.0169. The van der Waals surface area contributed by atoms with Crippen LogP contribution in [0.25, 0.3) is 5.57 Å². The van der Waals surface area contributed by atoms with Crippen molar-refractivity contribution in [1.29, 1.82) is 0 Å². The number of nitrogens with one attached hydrogen (secondary N) is 1. The van der Waals surface area contributed by atoms with Gasteiger partial charge in [-0.05, 0) is 46.6 Å². The molecule has 0 bridgehead atoms. The number of anilines is 1. The number of ether oxygens (including phenoxy) is 20. The highest BCUT2D eigenvalue weighted by molar-refractivity contribution is 6.07. The van der Waals surface area contributed by atoms with Crippen LogP contribution >= 0.6 is 0 Å². The molecule has 0 aliphatic heterocycles. The standard InChI is InChI=1S/C63H104N2O22/c66-16-20-70-24-28-74-32-36-78-40-44-82-48-52-86-56-54-84-50-46-80-42-38-76-34-30-72-26-22-68-18-14-64-61-10-6-59(7-11-61)63(58-4-2-1-3-5-58)60-8-12-62(13-9-60)65-15-19-69-23-27-73-31-35-77-39-43-81-47-51-85-55-57-87-53-49-83-45-41-79-37-33-75-29-25-71-21-17-67/h1-13,64,66-67H,14-57H2. The van der Waals surface area contributed by atoms with E-state index in [1.165, 1.54) is 0 Å². The van der Waals surface area contributed by atoms with E-state index in [9.17, 15) is 0 Å². The Bertz CT molecular complexity index is 1880. The Balaban J connectivity index is 1.07. The molecule has 2 aromatic carbocycles. The highest BCUT2D eigenvalue weighted by atomic mass is 16.6. The normalized spacial score (nSPS) is 12.3. The van der Waals surface area contributed by atoms with Crippen molar-refractivity contribution in [2.75, 3.05) is 296 Å². The average Bonchev–Trinajstić information content (AvgIpc) is 3.15. The summed E-state index contributed by atoms with van der Waals surface area (Å²) in [5, 5.41) is 20.7. The molecule has 24 heteroatoms. The van der Waals surface area contributed by atoms with E-state index in [4.69, 9.17) is 110 Å². The van der Waals surface area contributed by atoms with Crippen molar-refractivity contribution in [2.45, 2.75) is 0 Å². The summed E-state index contributed by atoms with van der Waals surface area (Å²) in [5.74, 6) is 0. The van der Waals surface area contributed by atoms with E-state index >= 15 is 0 Å². The van der Waals surface area contributed by atoms with Crippen molar-refractivity contribution >= 4 is 17.0 Å². The summed E-state index contributed by atoms with van der Waals surface area (Å²) < 4.78 is 110. The van der Waals surface area contributed by atoms with Gasteiger partial charge in [-0.25, -0.2) is 0 Å². The maximum atomic E-state index is 8.64. The Labute approximate surface area is 516 Å². The molecule has 0 spiro atoms. The number of aliphatic hydroxyl groups is 2. The van der Waals surface area contributed by atoms with E-state index in [2.05, 4.69) is 66.0 Å². The summed E-state index contributed by atoms with van der Waals surface area (Å²) in [7, 11) is 0. The quantitative estimate of drug-likeness (QED) is 0.0797. The Morgan fingerprint density at radius 3 is 0.816 bits per heavy atom. The molecule has 0 atom stereocenters. The Hall–Kier alpha value is -3.75. The lowest BCUT2D eigenvalue weighted by molar-refractivity contribution is -0.0267. The van der Waals surface area contributed by atoms with Crippen LogP contribution in [0.15, 0.2) is 89.5 Å². The summed E-state index contributed by atoms with van der Waals surface area (Å²) >= 11 is 0. The lowest BCUT2D eigenvalue weighted by atomic mass is 9.91. The smallest absolute Gasteiger partial charge is 0.0701 e. The molecule has 0 unspecified atom stereocenters. The highest BCUT2D eigenvalue weighted by Crippen LogP contribution is 2.30. The number of aliphatic hydroxyl groups excluding tert-OH is 2. The molecule has 0 fully saturated rings. The average molecular weight is 1240 g/mol. The van der Waals surface area contributed by atoms with Crippen LogP contribution in [-0.2, 0) is 94.7 Å². The molecular weight excluding hydrogens is 1140 g/mol. The molecule has 0 aromatic heterocycles. The fourth-order valence-electron chi connectivity index (χ4n) is 7.39. The number of hydrogen-bond acceptors (Lipinski definition) is 24. The third-order valence-corrected chi connectivity index (χ3v) is 11.7. The van der Waals surface area contributed by atoms with E-state index in [1.807, 2.05) is 18.2 Å². The summed E-state index contributed by atoms with van der Waals surface area (Å²) in [6.07, 6.45) is 8.34. The largest absolute Gasteiger partial charge is 0.394 e. The van der Waals surface area contributed by atoms with Crippen LogP contribution in [0.5, 0.6) is 0 Å². The summed E-state index contributed by atoms with van der Waals surface area (Å²) in [5.41, 5.74) is 6.41. The van der Waals surface area contributed by atoms with Gasteiger partial charge in [-0.3, -0.25) is 4.99 Å². The monoisotopic (exact) mass is 1240 g/mol. The van der Waals surface area contributed by atoms with Crippen LogP contribution in [0.1, 0.15) is 11.1 Å². The molecule has 1 aliphatic carbocycles. The van der Waals surface area contributed by atoms with Gasteiger partial charge < -0.3 is 110 Å². The lowest BCUT2D eigenvalue weighted by Gasteiger charge is -2.15. The Morgan fingerprint density at radius 1 is 0.276 bits per heavy atom. The van der Waals surface area contributed by atoms with E-state index in [-0.39, 0.29) is 13.2 Å². The Morgan fingerprint density at radius 2 is 0.529 bits per heavy atom. The second-order valence-corrected chi connectivity index (χ2v) is 18.4. The summed E-state index contributed by atoms with van der Waals surface area (Å²) in [4.78, 5) is 4.72. The predicted molar refractivity (Wildman–Crippen MR) is 329 cm³/mol. The summed E-state index contributed by atoms with van der Waals surface area (Å²) in [6, 6.07) is 18.9. The zero-order valence-corrected chi connectivity index (χ0v) is 51.6. The van der Waals surface area contributed by atoms with E-state index in [1.54, 1.807) is 0 Å². The lowest BCUT2D eigenvalue weighted by Crippen LogP contribution is -2.15. The van der Waals surface area contributed by atoms with Crippen LogP contribution in [-0.4, -0.2) is 307 Å². The third kappa shape index (κ3) is 48.7. The minimum atomic E-state index is 0.0169. The van der Waals surface area contributed by atoms with Crippen LogP contribution < -0.4 is 5.32 Å². The maximum absolute atomic E-state index is 8.64. The van der Waals surface area contributed by atoms with E-state index < -0.39 is 0 Å². The number of nitrogens with zero attached hydrogens (tertiary/aromatic N) is 1. The molecule has 3 N–H and O–H groups in total. The number of allylic oxidation sites excluding steroid dienone is 5. The molecule has 0 radical (unpaired) electrons. The van der Waals surface area contributed by atoms with Crippen molar-refractivity contribution in [2.24, 2.45) is 4.99 Å². The maximum Gasteiger partial charge on any atom is 0.0701 e. The van der Waals surface area contributed by atoms with Gasteiger partial charge in [-0.1, -0.05) is 54.6 Å². The zero-order valence-electron chi connectivity index (χ0n) is 51.6. The molecule has 3 rings (SSSR count). The van der Waals surface area contributed by atoms with Gasteiger partial charge in [0.25, 0.3) is 0 Å². The Kier molecular flexibility index (Phi) is 55.6. The molecule has 87 heavy (non-hydrogen) atoms. The first-order valence-electron chi connectivity index (χ1n) is 30.6. The molecule has 0 amide bonds. The molecule has 1 aliphatic rings. The van der Waals surface area contributed by atoms with Crippen LogP contribution in [0.2, 0.25) is 0 Å². The van der Waals surface area contributed by atoms with Crippen molar-refractivity contribution in [3.63, 3.8) is 0 Å². The van der Waals surface area contributed by atoms with Gasteiger partial charge in [-0.2, -0.15) is 0 Å². The minimum Gasteiger partial charge on any atom is -0.394 e. The van der Waals surface area contributed by atoms with E-state index in [0.717, 1.165) is 33.7 Å². The topological polar surface area (TPSA) is 249 Å². The van der Waals surface area contributed by atoms with Crippen molar-refractivity contribution in [3.05, 3.63) is 95.6 Å². The second kappa shape index (κ2) is 62.4. The number of aliphatic imine (C=N–C) groups is 1. The predicted octanol–water partition coefficient (Wildman–Crippen LogP) is 3.78. The molecule has 24 nitrogen and oxygen atoms in total.